The summed E-state index contributed by atoms with van der Waals surface area (Å²) in [6, 6.07) is 5.73. The lowest BCUT2D eigenvalue weighted by Gasteiger charge is -2.16. The van der Waals surface area contributed by atoms with E-state index in [-0.39, 0.29) is 5.91 Å². The predicted molar refractivity (Wildman–Crippen MR) is 91.2 cm³/mol. The van der Waals surface area contributed by atoms with E-state index in [9.17, 15) is 4.79 Å². The molecule has 0 aliphatic carbocycles. The van der Waals surface area contributed by atoms with E-state index in [1.165, 1.54) is 0 Å². The Morgan fingerprint density at radius 2 is 2.09 bits per heavy atom. The Morgan fingerprint density at radius 3 is 2.74 bits per heavy atom. The van der Waals surface area contributed by atoms with Crippen LogP contribution in [0.1, 0.15) is 21.9 Å². The Kier molecular flexibility index (Phi) is 5.98. The second-order valence-electron chi connectivity index (χ2n) is 5.35. The topological polar surface area (TPSA) is 51.7 Å². The third-order valence-electron chi connectivity index (χ3n) is 3.38. The molecule has 0 radical (unpaired) electrons. The molecule has 0 N–H and O–H groups in total. The molecule has 0 fully saturated rings. The first-order valence-electron chi connectivity index (χ1n) is 7.42. The summed E-state index contributed by atoms with van der Waals surface area (Å²) >= 11 is 1.61. The minimum atomic E-state index is 0.0436. The second-order valence-corrected chi connectivity index (χ2v) is 6.67. The van der Waals surface area contributed by atoms with E-state index in [0.29, 0.717) is 31.1 Å². The molecule has 2 rings (SSSR count). The minimum absolute atomic E-state index is 0.0436. The molecule has 2 aromatic rings. The van der Waals surface area contributed by atoms with E-state index >= 15 is 0 Å². The summed E-state index contributed by atoms with van der Waals surface area (Å²) in [6.07, 6.45) is 2.14. The van der Waals surface area contributed by atoms with Gasteiger partial charge in [-0.15, -0.1) is 11.3 Å². The Labute approximate surface area is 140 Å². The lowest BCUT2D eigenvalue weighted by atomic mass is 10.2. The monoisotopic (exact) mass is 334 g/mol. The Morgan fingerprint density at radius 1 is 1.30 bits per heavy atom. The van der Waals surface area contributed by atoms with Crippen molar-refractivity contribution >= 4 is 17.2 Å². The molecule has 0 atom stereocenters. The number of carbonyl (C=O) groups is 1. The summed E-state index contributed by atoms with van der Waals surface area (Å²) in [6.45, 7) is 4.85. The van der Waals surface area contributed by atoms with Crippen molar-refractivity contribution in [1.82, 2.24) is 9.88 Å². The lowest BCUT2D eigenvalue weighted by molar-refractivity contribution is -0.130. The molecule has 1 aromatic carbocycles. The molecule has 0 unspecified atom stereocenters. The largest absolute Gasteiger partial charge is 0.493 e. The number of carbonyl (C=O) groups excluding carboxylic acids is 1. The van der Waals surface area contributed by atoms with Gasteiger partial charge in [0.2, 0.25) is 5.91 Å². The lowest BCUT2D eigenvalue weighted by Crippen LogP contribution is -2.27. The van der Waals surface area contributed by atoms with Gasteiger partial charge in [0.25, 0.3) is 0 Å². The molecule has 0 spiro atoms. The third kappa shape index (κ3) is 4.96. The molecule has 1 heterocycles. The van der Waals surface area contributed by atoms with Crippen molar-refractivity contribution in [1.29, 1.82) is 0 Å². The Hall–Kier alpha value is -2.08. The first-order chi connectivity index (χ1) is 11.0. The van der Waals surface area contributed by atoms with Crippen LogP contribution in [-0.2, 0) is 11.3 Å². The van der Waals surface area contributed by atoms with Crippen LogP contribution >= 0.6 is 11.3 Å². The summed E-state index contributed by atoms with van der Waals surface area (Å²) in [7, 11) is 3.40. The molecule has 6 heteroatoms. The summed E-state index contributed by atoms with van der Waals surface area (Å²) in [5.41, 5.74) is 1.10. The van der Waals surface area contributed by atoms with Gasteiger partial charge in [0.05, 0.1) is 31.7 Å². The highest BCUT2D eigenvalue weighted by atomic mass is 32.1. The van der Waals surface area contributed by atoms with Crippen LogP contribution in [0.15, 0.2) is 24.4 Å². The van der Waals surface area contributed by atoms with Crippen LogP contribution in [0, 0.1) is 13.8 Å². The number of aryl methyl sites for hydroxylation is 2. The zero-order valence-corrected chi connectivity index (χ0v) is 14.8. The van der Waals surface area contributed by atoms with Gasteiger partial charge in [0.1, 0.15) is 0 Å². The van der Waals surface area contributed by atoms with Gasteiger partial charge in [-0.05, 0) is 31.5 Å². The molecule has 5 nitrogen and oxygen atoms in total. The van der Waals surface area contributed by atoms with Crippen molar-refractivity contribution in [3.05, 3.63) is 39.8 Å². The molecule has 1 amide bonds. The highest BCUT2D eigenvalue weighted by molar-refractivity contribution is 7.11. The smallest absolute Gasteiger partial charge is 0.226 e. The van der Waals surface area contributed by atoms with Gasteiger partial charge in [-0.2, -0.15) is 0 Å². The fraction of sp³-hybridized carbons (Fsp3) is 0.412. The first kappa shape index (κ1) is 17.3. The second kappa shape index (κ2) is 7.97. The van der Waals surface area contributed by atoms with Gasteiger partial charge in [-0.25, -0.2) is 4.98 Å². The van der Waals surface area contributed by atoms with Crippen LogP contribution in [0.5, 0.6) is 11.5 Å². The molecule has 1 aromatic heterocycles. The maximum absolute atomic E-state index is 12.2. The molecule has 0 aliphatic heterocycles. The van der Waals surface area contributed by atoms with Crippen LogP contribution < -0.4 is 9.47 Å². The van der Waals surface area contributed by atoms with E-state index in [2.05, 4.69) is 4.98 Å². The van der Waals surface area contributed by atoms with Crippen molar-refractivity contribution in [2.24, 2.45) is 0 Å². The van der Waals surface area contributed by atoms with Crippen molar-refractivity contribution in [3.8, 4) is 11.5 Å². The van der Waals surface area contributed by atoms with Gasteiger partial charge < -0.3 is 14.4 Å². The molecular weight excluding hydrogens is 312 g/mol. The number of benzene rings is 1. The van der Waals surface area contributed by atoms with Gasteiger partial charge in [-0.1, -0.05) is 6.07 Å². The molecule has 0 bridgehead atoms. The normalized spacial score (nSPS) is 10.4. The third-order valence-corrected chi connectivity index (χ3v) is 4.28. The van der Waals surface area contributed by atoms with E-state index < -0.39 is 0 Å². The molecular formula is C17H22N2O3S. The van der Waals surface area contributed by atoms with E-state index in [4.69, 9.17) is 9.47 Å². The average molecular weight is 334 g/mol. The Balaban J connectivity index is 1.82. The minimum Gasteiger partial charge on any atom is -0.493 e. The van der Waals surface area contributed by atoms with Crippen LogP contribution in [0.25, 0.3) is 0 Å². The number of hydrogen-bond donors (Lipinski definition) is 0. The maximum atomic E-state index is 12.2. The molecule has 0 saturated heterocycles. The van der Waals surface area contributed by atoms with Crippen LogP contribution in [-0.4, -0.2) is 36.6 Å². The van der Waals surface area contributed by atoms with Crippen molar-refractivity contribution < 1.29 is 14.3 Å². The fourth-order valence-corrected chi connectivity index (χ4v) is 2.98. The highest BCUT2D eigenvalue weighted by Gasteiger charge is 2.12. The summed E-state index contributed by atoms with van der Waals surface area (Å²) in [4.78, 5) is 19.1. The number of aromatic nitrogens is 1. The highest BCUT2D eigenvalue weighted by Crippen LogP contribution is 2.27. The number of methoxy groups -OCH3 is 1. The van der Waals surface area contributed by atoms with Crippen LogP contribution in [0.4, 0.5) is 0 Å². The first-order valence-corrected chi connectivity index (χ1v) is 8.24. The van der Waals surface area contributed by atoms with Gasteiger partial charge >= 0.3 is 0 Å². The van der Waals surface area contributed by atoms with E-state index in [0.717, 1.165) is 15.4 Å². The number of thiazole rings is 1. The summed E-state index contributed by atoms with van der Waals surface area (Å²) < 4.78 is 11.0. The zero-order chi connectivity index (χ0) is 16.8. The number of rotatable bonds is 7. The zero-order valence-electron chi connectivity index (χ0n) is 14.0. The summed E-state index contributed by atoms with van der Waals surface area (Å²) in [5, 5.41) is 1.01. The van der Waals surface area contributed by atoms with E-state index in [1.54, 1.807) is 30.4 Å². The maximum Gasteiger partial charge on any atom is 0.226 e. The Bertz CT molecular complexity index is 670. The van der Waals surface area contributed by atoms with Crippen LogP contribution in [0.3, 0.4) is 0 Å². The summed E-state index contributed by atoms with van der Waals surface area (Å²) in [5.74, 6) is 1.39. The van der Waals surface area contributed by atoms with E-state index in [1.807, 2.05) is 38.2 Å². The predicted octanol–water partition coefficient (Wildman–Crippen LogP) is 3.20. The number of hydrogen-bond acceptors (Lipinski definition) is 5. The fourth-order valence-electron chi connectivity index (χ4n) is 2.13. The SMILES string of the molecule is COc1cc(C)ccc1OCCC(=O)N(C)Cc1cnc(C)s1. The van der Waals surface area contributed by atoms with Gasteiger partial charge in [0, 0.05) is 18.1 Å². The molecule has 0 aliphatic rings. The number of amides is 1. The average Bonchev–Trinajstić information content (AvgIpc) is 2.93. The number of ether oxygens (including phenoxy) is 2. The van der Waals surface area contributed by atoms with Crippen molar-refractivity contribution in [3.63, 3.8) is 0 Å². The van der Waals surface area contributed by atoms with Gasteiger partial charge in [0.15, 0.2) is 11.5 Å². The van der Waals surface area contributed by atoms with Crippen molar-refractivity contribution in [2.45, 2.75) is 26.8 Å². The molecule has 124 valence electrons. The van der Waals surface area contributed by atoms with Crippen LogP contribution in [0.2, 0.25) is 0 Å². The number of nitrogens with zero attached hydrogens (tertiary/aromatic N) is 2. The van der Waals surface area contributed by atoms with Crippen molar-refractivity contribution in [2.75, 3.05) is 20.8 Å². The molecule has 0 saturated carbocycles. The quantitative estimate of drug-likeness (QED) is 0.780. The standard InChI is InChI=1S/C17H22N2O3S/c1-12-5-6-15(16(9-12)21-4)22-8-7-17(20)19(3)11-14-10-18-13(2)23-14/h5-6,9-10H,7-8,11H2,1-4H3. The molecule has 23 heavy (non-hydrogen) atoms. The van der Waals surface area contributed by atoms with Gasteiger partial charge in [-0.3, -0.25) is 4.79 Å².